The molecule has 0 saturated heterocycles. The van der Waals surface area contributed by atoms with Gasteiger partial charge in [0.25, 0.3) is 0 Å². The van der Waals surface area contributed by atoms with Crippen LogP contribution < -0.4 is 23.2 Å². The number of methoxy groups -OCH3 is 3. The van der Waals surface area contributed by atoms with Crippen molar-refractivity contribution in [2.24, 2.45) is 0 Å². The van der Waals surface area contributed by atoms with Crippen LogP contribution in [0.2, 0.25) is 0 Å². The summed E-state index contributed by atoms with van der Waals surface area (Å²) in [5.74, 6) is 2.06. The number of benzene rings is 2. The number of hydrogen-bond donors (Lipinski definition) is 0. The predicted octanol–water partition coefficient (Wildman–Crippen LogP) is 4.79. The Morgan fingerprint density at radius 2 is 1.57 bits per heavy atom. The minimum Gasteiger partial charge on any atom is -0.496 e. The van der Waals surface area contributed by atoms with Crippen LogP contribution in [0.25, 0.3) is 10.9 Å². The standard InChI is InChI=1S/C20H18ClNO6/c1-11(23)20-18(7-12(24-2)8-19(20)28-21)27-15-5-6-22-14-10-17(26-4)16(25-3)9-13(14)15/h5-10H,1-4H3. The third-order valence-electron chi connectivity index (χ3n) is 4.14. The number of ketones is 1. The lowest BCUT2D eigenvalue weighted by molar-refractivity contribution is 0.101. The fourth-order valence-electron chi connectivity index (χ4n) is 2.83. The van der Waals surface area contributed by atoms with Gasteiger partial charge in [0.15, 0.2) is 23.0 Å². The zero-order chi connectivity index (χ0) is 20.3. The van der Waals surface area contributed by atoms with Crippen LogP contribution in [0.4, 0.5) is 0 Å². The summed E-state index contributed by atoms with van der Waals surface area (Å²) in [6.07, 6.45) is 1.59. The maximum absolute atomic E-state index is 12.2. The lowest BCUT2D eigenvalue weighted by atomic mass is 10.1. The molecule has 0 fully saturated rings. The Kier molecular flexibility index (Phi) is 5.75. The summed E-state index contributed by atoms with van der Waals surface area (Å²) in [7, 11) is 4.58. The van der Waals surface area contributed by atoms with Crippen LogP contribution in [0.15, 0.2) is 36.5 Å². The van der Waals surface area contributed by atoms with E-state index in [1.807, 2.05) is 0 Å². The quantitative estimate of drug-likeness (QED) is 0.525. The molecule has 28 heavy (non-hydrogen) atoms. The fraction of sp³-hybridized carbons (Fsp3) is 0.200. The van der Waals surface area contributed by atoms with Crippen LogP contribution in [0.1, 0.15) is 17.3 Å². The monoisotopic (exact) mass is 403 g/mol. The molecule has 0 unspecified atom stereocenters. The summed E-state index contributed by atoms with van der Waals surface area (Å²) in [5, 5.41) is 0.672. The Morgan fingerprint density at radius 3 is 2.18 bits per heavy atom. The molecule has 0 aliphatic carbocycles. The van der Waals surface area contributed by atoms with Crippen LogP contribution in [-0.2, 0) is 0 Å². The van der Waals surface area contributed by atoms with Crippen molar-refractivity contribution in [1.82, 2.24) is 4.98 Å². The van der Waals surface area contributed by atoms with E-state index in [4.69, 9.17) is 35.1 Å². The average molecular weight is 404 g/mol. The summed E-state index contributed by atoms with van der Waals surface area (Å²) in [5.41, 5.74) is 0.831. The van der Waals surface area contributed by atoms with E-state index in [1.165, 1.54) is 20.1 Å². The van der Waals surface area contributed by atoms with Crippen molar-refractivity contribution in [3.63, 3.8) is 0 Å². The number of rotatable bonds is 7. The van der Waals surface area contributed by atoms with Crippen molar-refractivity contribution in [3.05, 3.63) is 42.1 Å². The highest BCUT2D eigenvalue weighted by Gasteiger charge is 2.20. The first-order valence-corrected chi connectivity index (χ1v) is 8.53. The maximum atomic E-state index is 12.2. The number of Topliss-reactive ketones (excluding diaryl/α,β-unsaturated/α-hetero) is 1. The second-order valence-corrected chi connectivity index (χ2v) is 5.92. The summed E-state index contributed by atoms with van der Waals surface area (Å²) < 4.78 is 26.8. The lowest BCUT2D eigenvalue weighted by Crippen LogP contribution is -2.01. The first-order chi connectivity index (χ1) is 13.5. The molecule has 0 bridgehead atoms. The number of pyridine rings is 1. The van der Waals surface area contributed by atoms with Crippen molar-refractivity contribution in [2.45, 2.75) is 6.92 Å². The summed E-state index contributed by atoms with van der Waals surface area (Å²) >= 11 is 5.54. The molecular weight excluding hydrogens is 386 g/mol. The largest absolute Gasteiger partial charge is 0.496 e. The van der Waals surface area contributed by atoms with Gasteiger partial charge in [0.2, 0.25) is 0 Å². The number of fused-ring (bicyclic) bond motifs is 1. The first-order valence-electron chi connectivity index (χ1n) is 8.22. The van der Waals surface area contributed by atoms with E-state index in [1.54, 1.807) is 44.7 Å². The third kappa shape index (κ3) is 3.61. The van der Waals surface area contributed by atoms with Gasteiger partial charge >= 0.3 is 0 Å². The van der Waals surface area contributed by atoms with Crippen LogP contribution in [0, 0.1) is 0 Å². The molecule has 0 atom stereocenters. The molecule has 0 aliphatic heterocycles. The number of carbonyl (C=O) groups is 1. The van der Waals surface area contributed by atoms with E-state index in [9.17, 15) is 4.79 Å². The molecule has 0 N–H and O–H groups in total. The first kappa shape index (κ1) is 19.6. The third-order valence-corrected chi connectivity index (χ3v) is 4.30. The molecule has 1 heterocycles. The topological polar surface area (TPSA) is 76.1 Å². The molecule has 3 aromatic rings. The normalized spacial score (nSPS) is 10.5. The maximum Gasteiger partial charge on any atom is 0.167 e. The number of hydrogen-bond acceptors (Lipinski definition) is 7. The highest BCUT2D eigenvalue weighted by molar-refractivity contribution is 6.10. The lowest BCUT2D eigenvalue weighted by Gasteiger charge is -2.15. The van der Waals surface area contributed by atoms with Gasteiger partial charge in [-0.25, -0.2) is 0 Å². The van der Waals surface area contributed by atoms with Gasteiger partial charge in [-0.2, -0.15) is 0 Å². The van der Waals surface area contributed by atoms with Crippen LogP contribution in [0.5, 0.6) is 34.5 Å². The molecule has 8 heteroatoms. The smallest absolute Gasteiger partial charge is 0.167 e. The molecule has 0 saturated carbocycles. The van der Waals surface area contributed by atoms with Crippen LogP contribution in [-0.4, -0.2) is 32.1 Å². The van der Waals surface area contributed by atoms with E-state index in [0.29, 0.717) is 33.9 Å². The van der Waals surface area contributed by atoms with Gasteiger partial charge in [-0.15, -0.1) is 0 Å². The highest BCUT2D eigenvalue weighted by atomic mass is 35.5. The summed E-state index contributed by atoms with van der Waals surface area (Å²) in [4.78, 5) is 16.5. The Balaban J connectivity index is 2.18. The van der Waals surface area contributed by atoms with Gasteiger partial charge < -0.3 is 23.2 Å². The second kappa shape index (κ2) is 8.22. The van der Waals surface area contributed by atoms with Gasteiger partial charge in [-0.05, 0) is 19.1 Å². The highest BCUT2D eigenvalue weighted by Crippen LogP contribution is 2.41. The van der Waals surface area contributed by atoms with E-state index in [0.717, 1.165) is 0 Å². The van der Waals surface area contributed by atoms with Crippen molar-refractivity contribution in [2.75, 3.05) is 21.3 Å². The summed E-state index contributed by atoms with van der Waals surface area (Å²) in [6, 6.07) is 8.27. The Morgan fingerprint density at radius 1 is 0.893 bits per heavy atom. The number of ether oxygens (including phenoxy) is 4. The molecule has 7 nitrogen and oxygen atoms in total. The molecule has 0 aliphatic rings. The van der Waals surface area contributed by atoms with Crippen LogP contribution in [0.3, 0.4) is 0 Å². The van der Waals surface area contributed by atoms with Gasteiger partial charge in [-0.3, -0.25) is 9.78 Å². The van der Waals surface area contributed by atoms with E-state index >= 15 is 0 Å². The van der Waals surface area contributed by atoms with Gasteiger partial charge in [0, 0.05) is 29.8 Å². The molecule has 146 valence electrons. The molecule has 1 aromatic heterocycles. The number of carbonyl (C=O) groups excluding carboxylic acids is 1. The van der Waals surface area contributed by atoms with E-state index < -0.39 is 0 Å². The molecule has 2 aromatic carbocycles. The minimum absolute atomic E-state index is 0.140. The fourth-order valence-corrected chi connectivity index (χ4v) is 2.95. The number of halogens is 1. The zero-order valence-electron chi connectivity index (χ0n) is 15.7. The molecule has 0 amide bonds. The Labute approximate surface area is 166 Å². The van der Waals surface area contributed by atoms with Crippen molar-refractivity contribution >= 4 is 28.6 Å². The number of aromatic nitrogens is 1. The Bertz CT molecular complexity index is 1040. The molecule has 3 rings (SSSR count). The van der Waals surface area contributed by atoms with E-state index in [-0.39, 0.29) is 22.8 Å². The van der Waals surface area contributed by atoms with Gasteiger partial charge in [-0.1, -0.05) is 0 Å². The van der Waals surface area contributed by atoms with Crippen LogP contribution >= 0.6 is 11.9 Å². The minimum atomic E-state index is -0.272. The molecular formula is C20H18ClNO6. The van der Waals surface area contributed by atoms with Crippen molar-refractivity contribution < 1.29 is 28.0 Å². The summed E-state index contributed by atoms with van der Waals surface area (Å²) in [6.45, 7) is 1.40. The van der Waals surface area contributed by atoms with Gasteiger partial charge in [0.1, 0.15) is 34.7 Å². The zero-order valence-corrected chi connectivity index (χ0v) is 16.5. The predicted molar refractivity (Wildman–Crippen MR) is 104 cm³/mol. The van der Waals surface area contributed by atoms with Gasteiger partial charge in [0.05, 0.1) is 26.8 Å². The second-order valence-electron chi connectivity index (χ2n) is 5.77. The van der Waals surface area contributed by atoms with E-state index in [2.05, 4.69) is 4.98 Å². The molecule has 0 radical (unpaired) electrons. The number of nitrogens with zero attached hydrogens (tertiary/aromatic N) is 1. The Hall–Kier alpha value is -3.19. The SMILES string of the molecule is COc1cc(OCl)c(C(C)=O)c(Oc2ccnc3cc(OC)c(OC)cc23)c1. The average Bonchev–Trinajstić information content (AvgIpc) is 2.71. The molecule has 0 spiro atoms. The van der Waals surface area contributed by atoms with Crippen molar-refractivity contribution in [1.29, 1.82) is 0 Å². The van der Waals surface area contributed by atoms with Crippen molar-refractivity contribution in [3.8, 4) is 34.5 Å².